The largest absolute Gasteiger partial charge is 0.126 e. The predicted molar refractivity (Wildman–Crippen MR) is 94.7 cm³/mol. The number of unbranched alkanes of at least 4 members (excludes halogenated alkanes) is 6. The van der Waals surface area contributed by atoms with Crippen molar-refractivity contribution in [3.63, 3.8) is 0 Å². The maximum Gasteiger partial charge on any atom is 0.0254 e. The van der Waals surface area contributed by atoms with E-state index >= 15 is 0 Å². The summed E-state index contributed by atoms with van der Waals surface area (Å²) in [4.78, 5) is 0. The minimum Gasteiger partial charge on any atom is -0.126 e. The molecule has 114 valence electrons. The molecule has 0 saturated heterocycles. The standard InChI is InChI=1S/C18H28BrCl/c1-2-3-4-5-6-7-8-9-17(15-20)14-16-10-12-18(19)13-11-16/h10-13,17H,2-9,14-15H2,1H3. The van der Waals surface area contributed by atoms with Crippen molar-refractivity contribution in [3.05, 3.63) is 34.3 Å². The monoisotopic (exact) mass is 358 g/mol. The molecule has 1 aromatic rings. The average molecular weight is 360 g/mol. The minimum absolute atomic E-state index is 0.633. The van der Waals surface area contributed by atoms with Crippen molar-refractivity contribution < 1.29 is 0 Å². The molecule has 0 aromatic heterocycles. The first-order chi connectivity index (χ1) is 9.76. The molecule has 0 nitrogen and oxygen atoms in total. The van der Waals surface area contributed by atoms with Gasteiger partial charge in [-0.25, -0.2) is 0 Å². The third-order valence-electron chi connectivity index (χ3n) is 3.87. The predicted octanol–water partition coefficient (Wildman–Crippen LogP) is 6.99. The van der Waals surface area contributed by atoms with Crippen LogP contribution in [0.3, 0.4) is 0 Å². The molecule has 1 unspecified atom stereocenters. The zero-order valence-electron chi connectivity index (χ0n) is 12.7. The molecule has 0 amide bonds. The molecule has 1 atom stereocenters. The fourth-order valence-corrected chi connectivity index (χ4v) is 3.11. The van der Waals surface area contributed by atoms with Crippen LogP contribution in [-0.4, -0.2) is 5.88 Å². The number of alkyl halides is 1. The van der Waals surface area contributed by atoms with Gasteiger partial charge in [0.25, 0.3) is 0 Å². The maximum absolute atomic E-state index is 6.12. The van der Waals surface area contributed by atoms with E-state index in [0.717, 1.165) is 16.8 Å². The van der Waals surface area contributed by atoms with Gasteiger partial charge in [-0.3, -0.25) is 0 Å². The van der Waals surface area contributed by atoms with Crippen LogP contribution in [0.2, 0.25) is 0 Å². The molecular formula is C18H28BrCl. The summed E-state index contributed by atoms with van der Waals surface area (Å²) in [7, 11) is 0. The number of benzene rings is 1. The van der Waals surface area contributed by atoms with E-state index in [1.807, 2.05) is 0 Å². The van der Waals surface area contributed by atoms with Crippen LogP contribution in [0.1, 0.15) is 63.9 Å². The summed E-state index contributed by atoms with van der Waals surface area (Å²) in [6, 6.07) is 8.64. The molecule has 0 bridgehead atoms. The zero-order valence-corrected chi connectivity index (χ0v) is 15.1. The Bertz CT molecular complexity index is 334. The first-order valence-electron chi connectivity index (χ1n) is 8.06. The Morgan fingerprint density at radius 3 is 2.15 bits per heavy atom. The quantitative estimate of drug-likeness (QED) is 0.295. The zero-order chi connectivity index (χ0) is 14.6. The lowest BCUT2D eigenvalue weighted by molar-refractivity contribution is 0.483. The first-order valence-corrected chi connectivity index (χ1v) is 9.39. The van der Waals surface area contributed by atoms with Crippen LogP contribution in [0, 0.1) is 5.92 Å². The van der Waals surface area contributed by atoms with Crippen LogP contribution in [0.4, 0.5) is 0 Å². The lowest BCUT2D eigenvalue weighted by atomic mass is 9.95. The highest BCUT2D eigenvalue weighted by molar-refractivity contribution is 9.10. The summed E-state index contributed by atoms with van der Waals surface area (Å²) in [5, 5.41) is 0. The van der Waals surface area contributed by atoms with E-state index in [1.165, 1.54) is 56.9 Å². The molecule has 0 aliphatic rings. The van der Waals surface area contributed by atoms with E-state index in [-0.39, 0.29) is 0 Å². The molecule has 0 saturated carbocycles. The van der Waals surface area contributed by atoms with Crippen LogP contribution < -0.4 is 0 Å². The van der Waals surface area contributed by atoms with Gasteiger partial charge in [-0.1, -0.05) is 79.9 Å². The van der Waals surface area contributed by atoms with Gasteiger partial charge in [0.2, 0.25) is 0 Å². The molecule has 0 heterocycles. The number of halogens is 2. The van der Waals surface area contributed by atoms with Crippen LogP contribution in [0.5, 0.6) is 0 Å². The molecule has 0 fully saturated rings. The molecule has 0 spiro atoms. The highest BCUT2D eigenvalue weighted by Crippen LogP contribution is 2.20. The SMILES string of the molecule is CCCCCCCCCC(CCl)Cc1ccc(Br)cc1. The summed E-state index contributed by atoms with van der Waals surface area (Å²) in [6.45, 7) is 2.27. The highest BCUT2D eigenvalue weighted by Gasteiger charge is 2.08. The summed E-state index contributed by atoms with van der Waals surface area (Å²) in [5.41, 5.74) is 1.40. The lowest BCUT2D eigenvalue weighted by Gasteiger charge is -2.14. The van der Waals surface area contributed by atoms with Gasteiger partial charge >= 0.3 is 0 Å². The second-order valence-corrected chi connectivity index (χ2v) is 6.99. The van der Waals surface area contributed by atoms with Crippen molar-refractivity contribution in [1.82, 2.24) is 0 Å². The van der Waals surface area contributed by atoms with Crippen molar-refractivity contribution in [2.75, 3.05) is 5.88 Å². The van der Waals surface area contributed by atoms with Gasteiger partial charge in [0.15, 0.2) is 0 Å². The fraction of sp³-hybridized carbons (Fsp3) is 0.667. The van der Waals surface area contributed by atoms with E-state index in [9.17, 15) is 0 Å². The second-order valence-electron chi connectivity index (χ2n) is 5.76. The van der Waals surface area contributed by atoms with Gasteiger partial charge in [-0.2, -0.15) is 0 Å². The third-order valence-corrected chi connectivity index (χ3v) is 4.84. The number of rotatable bonds is 11. The lowest BCUT2D eigenvalue weighted by Crippen LogP contribution is -2.06. The van der Waals surface area contributed by atoms with Gasteiger partial charge in [0.05, 0.1) is 0 Å². The Kier molecular flexibility index (Phi) is 10.5. The number of hydrogen-bond donors (Lipinski definition) is 0. The Hall–Kier alpha value is -0.0100. The van der Waals surface area contributed by atoms with Gasteiger partial charge in [0.1, 0.15) is 0 Å². The molecule has 1 aromatic carbocycles. The summed E-state index contributed by atoms with van der Waals surface area (Å²) in [5.74, 6) is 1.42. The van der Waals surface area contributed by atoms with Gasteiger partial charge in [-0.05, 0) is 36.5 Å². The highest BCUT2D eigenvalue weighted by atomic mass is 79.9. The van der Waals surface area contributed by atoms with E-state index in [1.54, 1.807) is 0 Å². The van der Waals surface area contributed by atoms with E-state index in [4.69, 9.17) is 11.6 Å². The molecule has 0 aliphatic carbocycles. The maximum atomic E-state index is 6.12. The van der Waals surface area contributed by atoms with Crippen LogP contribution in [0.15, 0.2) is 28.7 Å². The van der Waals surface area contributed by atoms with Crippen molar-refractivity contribution in [2.24, 2.45) is 5.92 Å². The molecule has 0 radical (unpaired) electrons. The van der Waals surface area contributed by atoms with Crippen LogP contribution >= 0.6 is 27.5 Å². The molecular weight excluding hydrogens is 332 g/mol. The Morgan fingerprint density at radius 1 is 0.950 bits per heavy atom. The Labute approximate surface area is 138 Å². The van der Waals surface area contributed by atoms with Crippen molar-refractivity contribution in [3.8, 4) is 0 Å². The van der Waals surface area contributed by atoms with E-state index < -0.39 is 0 Å². The minimum atomic E-state index is 0.633. The summed E-state index contributed by atoms with van der Waals surface area (Å²) < 4.78 is 1.15. The molecule has 0 aliphatic heterocycles. The summed E-state index contributed by atoms with van der Waals surface area (Å²) >= 11 is 9.60. The van der Waals surface area contributed by atoms with Gasteiger partial charge in [-0.15, -0.1) is 11.6 Å². The van der Waals surface area contributed by atoms with E-state index in [2.05, 4.69) is 47.1 Å². The smallest absolute Gasteiger partial charge is 0.0254 e. The average Bonchev–Trinajstić information content (AvgIpc) is 2.47. The fourth-order valence-electron chi connectivity index (χ4n) is 2.58. The topological polar surface area (TPSA) is 0 Å². The van der Waals surface area contributed by atoms with Gasteiger partial charge < -0.3 is 0 Å². The first kappa shape index (κ1) is 18.0. The molecule has 20 heavy (non-hydrogen) atoms. The van der Waals surface area contributed by atoms with Crippen LogP contribution in [0.25, 0.3) is 0 Å². The van der Waals surface area contributed by atoms with Crippen LogP contribution in [-0.2, 0) is 6.42 Å². The number of hydrogen-bond acceptors (Lipinski definition) is 0. The second kappa shape index (κ2) is 11.6. The Morgan fingerprint density at radius 2 is 1.55 bits per heavy atom. The third kappa shape index (κ3) is 8.32. The summed E-state index contributed by atoms with van der Waals surface area (Å²) in [6.07, 6.45) is 12.0. The van der Waals surface area contributed by atoms with Gasteiger partial charge in [0, 0.05) is 10.4 Å². The molecule has 1 rings (SSSR count). The molecule has 2 heteroatoms. The van der Waals surface area contributed by atoms with Crippen molar-refractivity contribution >= 4 is 27.5 Å². The van der Waals surface area contributed by atoms with E-state index in [0.29, 0.717) is 5.92 Å². The normalized spacial score (nSPS) is 12.6. The molecule has 0 N–H and O–H groups in total. The Balaban J connectivity index is 2.14. The van der Waals surface area contributed by atoms with Crippen molar-refractivity contribution in [1.29, 1.82) is 0 Å². The van der Waals surface area contributed by atoms with Crippen molar-refractivity contribution in [2.45, 2.75) is 64.7 Å².